The lowest BCUT2D eigenvalue weighted by Gasteiger charge is -2.46. The molecule has 9 heteroatoms. The van der Waals surface area contributed by atoms with Crippen molar-refractivity contribution in [2.45, 2.75) is 109 Å². The third kappa shape index (κ3) is 8.65. The van der Waals surface area contributed by atoms with Gasteiger partial charge in [0, 0.05) is 45.4 Å². The molecule has 6 nitrogen and oxygen atoms in total. The zero-order valence-corrected chi connectivity index (χ0v) is 30.7. The van der Waals surface area contributed by atoms with E-state index in [1.807, 2.05) is 43.5 Å². The first kappa shape index (κ1) is 37.2. The van der Waals surface area contributed by atoms with Crippen molar-refractivity contribution in [2.75, 3.05) is 13.1 Å². The summed E-state index contributed by atoms with van der Waals surface area (Å²) in [5.41, 5.74) is 1.51. The highest BCUT2D eigenvalue weighted by molar-refractivity contribution is 7.09. The van der Waals surface area contributed by atoms with Gasteiger partial charge in [0.1, 0.15) is 5.82 Å². The molecule has 3 aromatic rings. The number of urea groups is 1. The van der Waals surface area contributed by atoms with Crippen molar-refractivity contribution >= 4 is 34.8 Å². The first-order chi connectivity index (χ1) is 23.3. The Kier molecular flexibility index (Phi) is 12.1. The molecule has 4 unspecified atom stereocenters. The highest BCUT2D eigenvalue weighted by Crippen LogP contribution is 2.59. The van der Waals surface area contributed by atoms with Gasteiger partial charge < -0.3 is 20.4 Å². The van der Waals surface area contributed by atoms with Gasteiger partial charge in [-0.25, -0.2) is 9.18 Å². The SMILES string of the molecule is CC1=CCCC2(C)C(CCC2(O)CN(CCc2cccs2)C(=O)NC(C)C)c2ccc(cc2C(=O)Cc2c(F)cccc2Cl)CC(O)CC1. The molecule has 6 rings (SSSR count). The maximum Gasteiger partial charge on any atom is 0.317 e. The molecule has 1 heterocycles. The Bertz CT molecular complexity index is 1640. The van der Waals surface area contributed by atoms with Crippen molar-refractivity contribution in [3.05, 3.63) is 104 Å². The van der Waals surface area contributed by atoms with E-state index in [-0.39, 0.29) is 47.3 Å². The maximum atomic E-state index is 14.9. The molecule has 1 saturated carbocycles. The number of fused-ring (bicyclic) bond motifs is 8. The minimum Gasteiger partial charge on any atom is -0.393 e. The molecule has 0 aliphatic heterocycles. The second-order valence-corrected chi connectivity index (χ2v) is 16.0. The number of benzene rings is 2. The van der Waals surface area contributed by atoms with Gasteiger partial charge >= 0.3 is 6.03 Å². The van der Waals surface area contributed by atoms with Gasteiger partial charge in [-0.15, -0.1) is 11.3 Å². The molecule has 3 aliphatic rings. The van der Waals surface area contributed by atoms with E-state index >= 15 is 0 Å². The van der Waals surface area contributed by atoms with Crippen molar-refractivity contribution < 1.29 is 24.2 Å². The number of aliphatic hydroxyl groups excluding tert-OH is 1. The lowest BCUT2D eigenvalue weighted by Crippen LogP contribution is -2.56. The summed E-state index contributed by atoms with van der Waals surface area (Å²) in [6.07, 6.45) is 6.25. The van der Waals surface area contributed by atoms with Gasteiger partial charge in [-0.3, -0.25) is 4.79 Å². The number of amides is 2. The summed E-state index contributed by atoms with van der Waals surface area (Å²) in [5.74, 6) is -0.996. The number of carbonyl (C=O) groups is 2. The van der Waals surface area contributed by atoms with E-state index in [0.29, 0.717) is 57.1 Å². The lowest BCUT2D eigenvalue weighted by molar-refractivity contribution is -0.0769. The number of allylic oxidation sites excluding steroid dienone is 2. The third-order valence-corrected chi connectivity index (χ3v) is 12.0. The van der Waals surface area contributed by atoms with E-state index in [2.05, 4.69) is 31.3 Å². The van der Waals surface area contributed by atoms with E-state index in [1.54, 1.807) is 22.3 Å². The molecule has 49 heavy (non-hydrogen) atoms. The van der Waals surface area contributed by atoms with Crippen LogP contribution in [0.15, 0.2) is 65.6 Å². The Hall–Kier alpha value is -3.04. The molecule has 264 valence electrons. The van der Waals surface area contributed by atoms with Crippen molar-refractivity contribution in [3.8, 4) is 0 Å². The zero-order chi connectivity index (χ0) is 35.3. The van der Waals surface area contributed by atoms with Gasteiger partial charge in [0.2, 0.25) is 0 Å². The van der Waals surface area contributed by atoms with E-state index in [9.17, 15) is 24.2 Å². The van der Waals surface area contributed by atoms with Gasteiger partial charge in [-0.05, 0) is 119 Å². The van der Waals surface area contributed by atoms with Crippen molar-refractivity contribution in [2.24, 2.45) is 5.41 Å². The zero-order valence-electron chi connectivity index (χ0n) is 29.1. The molecule has 2 aromatic carbocycles. The number of hydrogen-bond acceptors (Lipinski definition) is 5. The van der Waals surface area contributed by atoms with Crippen LogP contribution in [0.4, 0.5) is 9.18 Å². The summed E-state index contributed by atoms with van der Waals surface area (Å²) in [6, 6.07) is 14.0. The third-order valence-electron chi connectivity index (χ3n) is 10.7. The van der Waals surface area contributed by atoms with Crippen LogP contribution in [0.3, 0.4) is 0 Å². The first-order valence-electron chi connectivity index (χ1n) is 17.5. The average molecular weight is 709 g/mol. The predicted molar refractivity (Wildman–Crippen MR) is 196 cm³/mol. The van der Waals surface area contributed by atoms with E-state index in [0.717, 1.165) is 17.5 Å². The van der Waals surface area contributed by atoms with Crippen LogP contribution in [0, 0.1) is 11.2 Å². The minimum atomic E-state index is -1.25. The monoisotopic (exact) mass is 708 g/mol. The van der Waals surface area contributed by atoms with Crippen molar-refractivity contribution in [1.82, 2.24) is 10.2 Å². The number of aliphatic hydroxyl groups is 2. The predicted octanol–water partition coefficient (Wildman–Crippen LogP) is 8.67. The fraction of sp³-hybridized carbons (Fsp3) is 0.500. The number of rotatable bonds is 9. The van der Waals surface area contributed by atoms with Gasteiger partial charge in [0.15, 0.2) is 5.78 Å². The number of thiophene rings is 1. The number of hydrogen-bond donors (Lipinski definition) is 3. The van der Waals surface area contributed by atoms with Crippen LogP contribution in [-0.4, -0.2) is 57.8 Å². The van der Waals surface area contributed by atoms with Gasteiger partial charge in [0.05, 0.1) is 18.2 Å². The number of ketones is 1. The molecule has 2 amide bonds. The summed E-state index contributed by atoms with van der Waals surface area (Å²) < 4.78 is 14.9. The number of nitrogens with zero attached hydrogens (tertiary/aromatic N) is 1. The number of nitrogens with one attached hydrogen (secondary N) is 1. The van der Waals surface area contributed by atoms with Gasteiger partial charge in [-0.1, -0.05) is 54.4 Å². The summed E-state index contributed by atoms with van der Waals surface area (Å²) >= 11 is 8.02. The van der Waals surface area contributed by atoms with Crippen LogP contribution >= 0.6 is 22.9 Å². The molecular weight excluding hydrogens is 659 g/mol. The molecule has 2 bridgehead atoms. The average Bonchev–Trinajstić information content (AvgIpc) is 3.65. The Morgan fingerprint density at radius 1 is 1.14 bits per heavy atom. The Morgan fingerprint density at radius 3 is 2.65 bits per heavy atom. The summed E-state index contributed by atoms with van der Waals surface area (Å²) in [7, 11) is 0. The van der Waals surface area contributed by atoms with Gasteiger partial charge in [-0.2, -0.15) is 0 Å². The molecule has 4 atom stereocenters. The quantitative estimate of drug-likeness (QED) is 0.153. The van der Waals surface area contributed by atoms with E-state index in [4.69, 9.17) is 11.6 Å². The Labute approximate surface area is 299 Å². The maximum absolute atomic E-state index is 14.9. The number of carbonyl (C=O) groups excluding carboxylic acids is 2. The summed E-state index contributed by atoms with van der Waals surface area (Å²) in [4.78, 5) is 30.7. The lowest BCUT2D eigenvalue weighted by atomic mass is 9.64. The number of halogens is 2. The Balaban J connectivity index is 1.56. The fourth-order valence-corrected chi connectivity index (χ4v) is 8.73. The highest BCUT2D eigenvalue weighted by Gasteiger charge is 2.57. The van der Waals surface area contributed by atoms with Crippen LogP contribution in [0.5, 0.6) is 0 Å². The van der Waals surface area contributed by atoms with E-state index in [1.165, 1.54) is 22.6 Å². The summed E-state index contributed by atoms with van der Waals surface area (Å²) in [5, 5.41) is 29.0. The standard InChI is InChI=1S/C40H50ClFN2O4S/c1-26(2)43-38(47)44(20-17-30-9-7-21-49-30)25-40(48)19-16-34-31-15-13-28(22-29(45)14-12-27(3)8-6-18-39(34,40)4)23-32(31)37(46)24-33-35(41)10-5-11-36(33)42/h5,7-11,13,15,21,23,26,29,34,45,48H,6,12,14,16-20,22,24-25H2,1-4H3,(H,43,47). The normalized spacial score (nSPS) is 24.3. The molecule has 0 saturated heterocycles. The van der Waals surface area contributed by atoms with E-state index < -0.39 is 22.9 Å². The van der Waals surface area contributed by atoms with Crippen LogP contribution in [0.2, 0.25) is 5.02 Å². The smallest absolute Gasteiger partial charge is 0.317 e. The largest absolute Gasteiger partial charge is 0.393 e. The molecular formula is C40H50ClFN2O4S. The topological polar surface area (TPSA) is 89.9 Å². The van der Waals surface area contributed by atoms with Crippen LogP contribution in [-0.2, 0) is 19.3 Å². The van der Waals surface area contributed by atoms with Crippen LogP contribution in [0.1, 0.15) is 104 Å². The highest BCUT2D eigenvalue weighted by atomic mass is 35.5. The molecule has 1 aromatic heterocycles. The molecule has 0 spiro atoms. The molecule has 3 aliphatic carbocycles. The number of Topliss-reactive ketones (excluding diaryl/α,β-unsaturated/α-hetero) is 1. The second-order valence-electron chi connectivity index (χ2n) is 14.6. The van der Waals surface area contributed by atoms with Crippen LogP contribution in [0.25, 0.3) is 0 Å². The molecule has 0 radical (unpaired) electrons. The molecule has 3 N–H and O–H groups in total. The molecule has 1 fully saturated rings. The van der Waals surface area contributed by atoms with Gasteiger partial charge in [0.25, 0.3) is 0 Å². The van der Waals surface area contributed by atoms with Crippen molar-refractivity contribution in [1.29, 1.82) is 0 Å². The minimum absolute atomic E-state index is 0.0608. The second kappa shape index (κ2) is 15.9. The summed E-state index contributed by atoms with van der Waals surface area (Å²) in [6.45, 7) is 8.67. The first-order valence-corrected chi connectivity index (χ1v) is 18.8. The fourth-order valence-electron chi connectivity index (χ4n) is 7.80. The van der Waals surface area contributed by atoms with Crippen molar-refractivity contribution in [3.63, 3.8) is 0 Å². The Morgan fingerprint density at radius 2 is 1.94 bits per heavy atom. The van der Waals surface area contributed by atoms with Crippen LogP contribution < -0.4 is 5.32 Å².